The number of anilines is 1. The monoisotopic (exact) mass is 461 g/mol. The average Bonchev–Trinajstić information content (AvgIpc) is 3.15. The zero-order valence-corrected chi connectivity index (χ0v) is 17.3. The highest BCUT2D eigenvalue weighted by Gasteiger charge is 2.05. The van der Waals surface area contributed by atoms with E-state index in [0.29, 0.717) is 18.4 Å². The molecule has 0 aliphatic heterocycles. The summed E-state index contributed by atoms with van der Waals surface area (Å²) in [5, 5.41) is 7.46. The third kappa shape index (κ3) is 5.08. The summed E-state index contributed by atoms with van der Waals surface area (Å²) < 4.78 is 1.83. The van der Waals surface area contributed by atoms with Gasteiger partial charge in [0.25, 0.3) is 0 Å². The van der Waals surface area contributed by atoms with Gasteiger partial charge in [0.15, 0.2) is 5.96 Å². The molecule has 0 atom stereocenters. The Labute approximate surface area is 171 Å². The molecule has 0 saturated carbocycles. The molecule has 0 spiro atoms. The first-order chi connectivity index (χ1) is 12.1. The number of nitrogens with one attached hydrogen (secondary N) is 1. The van der Waals surface area contributed by atoms with E-state index in [2.05, 4.69) is 41.4 Å². The molecule has 3 rings (SSSR count). The number of aromatic nitrogens is 2. The fourth-order valence-electron chi connectivity index (χ4n) is 2.61. The third-order valence-corrected chi connectivity index (χ3v) is 3.99. The zero-order valence-electron chi connectivity index (χ0n) is 15.0. The summed E-state index contributed by atoms with van der Waals surface area (Å²) in [7, 11) is 0. The Kier molecular flexibility index (Phi) is 7.20. The summed E-state index contributed by atoms with van der Waals surface area (Å²) in [5.41, 5.74) is 10.3. The molecule has 0 aliphatic rings. The highest BCUT2D eigenvalue weighted by Crippen LogP contribution is 2.18. The molecule has 3 N–H and O–H groups in total. The van der Waals surface area contributed by atoms with Gasteiger partial charge in [0.1, 0.15) is 0 Å². The fraction of sp³-hybridized carbons (Fsp3) is 0.200. The molecule has 0 radical (unpaired) electrons. The van der Waals surface area contributed by atoms with E-state index in [1.54, 1.807) is 6.20 Å². The Morgan fingerprint density at radius 2 is 1.96 bits per heavy atom. The van der Waals surface area contributed by atoms with Crippen LogP contribution in [0.5, 0.6) is 0 Å². The molecule has 2 aromatic carbocycles. The van der Waals surface area contributed by atoms with E-state index < -0.39 is 0 Å². The normalized spacial score (nSPS) is 11.3. The minimum absolute atomic E-state index is 0. The lowest BCUT2D eigenvalue weighted by atomic mass is 10.0. The molecule has 1 aromatic heterocycles. The summed E-state index contributed by atoms with van der Waals surface area (Å²) in [6, 6.07) is 18.2. The average molecular weight is 461 g/mol. The van der Waals surface area contributed by atoms with Crippen LogP contribution in [0.2, 0.25) is 0 Å². The van der Waals surface area contributed by atoms with Crippen molar-refractivity contribution in [2.45, 2.75) is 26.3 Å². The summed E-state index contributed by atoms with van der Waals surface area (Å²) >= 11 is 0. The van der Waals surface area contributed by atoms with Gasteiger partial charge in [-0.2, -0.15) is 5.10 Å². The number of nitrogens with zero attached hydrogens (tertiary/aromatic N) is 3. The molecule has 0 fully saturated rings. The van der Waals surface area contributed by atoms with Crippen LogP contribution in [0.15, 0.2) is 72.0 Å². The second kappa shape index (κ2) is 9.38. The number of guanidine groups is 1. The highest BCUT2D eigenvalue weighted by atomic mass is 127. The standard InChI is InChI=1S/C20H23N5.HI/c1-15(2)16-8-5-9-18(13-16)24-20(21)22-14-17-7-3-4-10-19(17)25-12-6-11-23-25;/h3-13,15H,14H2,1-2H3,(H3,21,22,24);1H. The van der Waals surface area contributed by atoms with Gasteiger partial charge < -0.3 is 11.1 Å². The fourth-order valence-corrected chi connectivity index (χ4v) is 2.61. The predicted octanol–water partition coefficient (Wildman–Crippen LogP) is 4.54. The number of benzene rings is 2. The van der Waals surface area contributed by atoms with Crippen LogP contribution in [0.1, 0.15) is 30.9 Å². The van der Waals surface area contributed by atoms with E-state index in [1.165, 1.54) is 5.56 Å². The summed E-state index contributed by atoms with van der Waals surface area (Å²) in [4.78, 5) is 4.48. The number of nitrogens with two attached hydrogens (primary N) is 1. The quantitative estimate of drug-likeness (QED) is 0.333. The number of aliphatic imine (C=N–C) groups is 1. The van der Waals surface area contributed by atoms with Crippen LogP contribution in [-0.4, -0.2) is 15.7 Å². The van der Waals surface area contributed by atoms with Crippen molar-refractivity contribution in [3.63, 3.8) is 0 Å². The van der Waals surface area contributed by atoms with Gasteiger partial charge >= 0.3 is 0 Å². The van der Waals surface area contributed by atoms with Crippen LogP contribution in [-0.2, 0) is 6.54 Å². The number of hydrogen-bond acceptors (Lipinski definition) is 2. The van der Waals surface area contributed by atoms with Crippen molar-refractivity contribution in [2.75, 3.05) is 5.32 Å². The van der Waals surface area contributed by atoms with Gasteiger partial charge in [-0.1, -0.05) is 44.2 Å². The molecule has 0 bridgehead atoms. The SMILES string of the molecule is CC(C)c1cccc(NC(N)=NCc2ccccc2-n2cccn2)c1.I. The number of hydrogen-bond donors (Lipinski definition) is 2. The van der Waals surface area contributed by atoms with E-state index in [1.807, 2.05) is 53.3 Å². The maximum Gasteiger partial charge on any atom is 0.193 e. The lowest BCUT2D eigenvalue weighted by molar-refractivity contribution is 0.858. The van der Waals surface area contributed by atoms with Crippen molar-refractivity contribution in [1.82, 2.24) is 9.78 Å². The lowest BCUT2D eigenvalue weighted by Crippen LogP contribution is -2.22. The van der Waals surface area contributed by atoms with Gasteiger partial charge in [-0.05, 0) is 41.3 Å². The van der Waals surface area contributed by atoms with E-state index in [0.717, 1.165) is 16.9 Å². The van der Waals surface area contributed by atoms with E-state index in [-0.39, 0.29) is 24.0 Å². The summed E-state index contributed by atoms with van der Waals surface area (Å²) in [5.74, 6) is 0.872. The van der Waals surface area contributed by atoms with Crippen LogP contribution in [0.4, 0.5) is 5.69 Å². The molecule has 0 unspecified atom stereocenters. The van der Waals surface area contributed by atoms with Gasteiger partial charge in [0.05, 0.1) is 12.2 Å². The third-order valence-electron chi connectivity index (χ3n) is 3.99. The summed E-state index contributed by atoms with van der Waals surface area (Å²) in [6.07, 6.45) is 3.68. The van der Waals surface area contributed by atoms with E-state index >= 15 is 0 Å². The molecule has 5 nitrogen and oxygen atoms in total. The molecule has 0 aliphatic carbocycles. The minimum Gasteiger partial charge on any atom is -0.370 e. The first kappa shape index (κ1) is 20.0. The number of halogens is 1. The highest BCUT2D eigenvalue weighted by molar-refractivity contribution is 14.0. The Bertz CT molecular complexity index is 856. The summed E-state index contributed by atoms with van der Waals surface area (Å²) in [6.45, 7) is 4.82. The van der Waals surface area contributed by atoms with Crippen molar-refractivity contribution in [1.29, 1.82) is 0 Å². The van der Waals surface area contributed by atoms with Crippen molar-refractivity contribution in [2.24, 2.45) is 10.7 Å². The maximum absolute atomic E-state index is 6.06. The van der Waals surface area contributed by atoms with Gasteiger partial charge in [0.2, 0.25) is 0 Å². The molecule has 26 heavy (non-hydrogen) atoms. The van der Waals surface area contributed by atoms with Crippen molar-refractivity contribution < 1.29 is 0 Å². The van der Waals surface area contributed by atoms with E-state index in [9.17, 15) is 0 Å². The molecular weight excluding hydrogens is 437 g/mol. The van der Waals surface area contributed by atoms with Gasteiger partial charge in [-0.15, -0.1) is 24.0 Å². The van der Waals surface area contributed by atoms with Crippen LogP contribution in [0, 0.1) is 0 Å². The Morgan fingerprint density at radius 1 is 1.15 bits per heavy atom. The second-order valence-corrected chi connectivity index (χ2v) is 6.19. The molecule has 0 saturated heterocycles. The zero-order chi connectivity index (χ0) is 17.6. The Balaban J connectivity index is 0.00000243. The second-order valence-electron chi connectivity index (χ2n) is 6.19. The number of rotatable bonds is 5. The van der Waals surface area contributed by atoms with Crippen LogP contribution in [0.25, 0.3) is 5.69 Å². The smallest absolute Gasteiger partial charge is 0.193 e. The lowest BCUT2D eigenvalue weighted by Gasteiger charge is -2.11. The number of para-hydroxylation sites is 1. The van der Waals surface area contributed by atoms with Gasteiger partial charge in [0, 0.05) is 18.1 Å². The Morgan fingerprint density at radius 3 is 2.69 bits per heavy atom. The Hall–Kier alpha value is -2.35. The van der Waals surface area contributed by atoms with Crippen LogP contribution in [0.3, 0.4) is 0 Å². The minimum atomic E-state index is 0. The topological polar surface area (TPSA) is 68.2 Å². The molecule has 1 heterocycles. The van der Waals surface area contributed by atoms with Crippen LogP contribution >= 0.6 is 24.0 Å². The maximum atomic E-state index is 6.06. The van der Waals surface area contributed by atoms with Crippen molar-refractivity contribution >= 4 is 35.6 Å². The van der Waals surface area contributed by atoms with Crippen molar-refractivity contribution in [3.8, 4) is 5.69 Å². The molecular formula is C20H24IN5. The first-order valence-electron chi connectivity index (χ1n) is 8.38. The van der Waals surface area contributed by atoms with Gasteiger partial charge in [-0.25, -0.2) is 9.67 Å². The molecule has 6 heteroatoms. The molecule has 136 valence electrons. The van der Waals surface area contributed by atoms with Gasteiger partial charge in [-0.3, -0.25) is 0 Å². The molecule has 3 aromatic rings. The first-order valence-corrected chi connectivity index (χ1v) is 8.38. The molecule has 0 amide bonds. The van der Waals surface area contributed by atoms with Crippen LogP contribution < -0.4 is 11.1 Å². The predicted molar refractivity (Wildman–Crippen MR) is 118 cm³/mol. The van der Waals surface area contributed by atoms with Crippen molar-refractivity contribution in [3.05, 3.63) is 78.1 Å². The van der Waals surface area contributed by atoms with E-state index in [4.69, 9.17) is 5.73 Å². The largest absolute Gasteiger partial charge is 0.370 e.